The van der Waals surface area contributed by atoms with Gasteiger partial charge in [-0.05, 0) is 12.5 Å². The Morgan fingerprint density at radius 1 is 1.31 bits per heavy atom. The molecule has 140 valence electrons. The van der Waals surface area contributed by atoms with Crippen LogP contribution in [0.1, 0.15) is 25.8 Å². The molecule has 1 aromatic rings. The molecule has 3 unspecified atom stereocenters. The van der Waals surface area contributed by atoms with E-state index in [9.17, 15) is 19.5 Å². The van der Waals surface area contributed by atoms with Gasteiger partial charge in [-0.15, -0.1) is 0 Å². The Morgan fingerprint density at radius 3 is 2.65 bits per heavy atom. The number of rotatable bonds is 6. The fourth-order valence-corrected chi connectivity index (χ4v) is 2.96. The number of aliphatic hydroxyl groups is 1. The molecule has 7 nitrogen and oxygen atoms in total. The average Bonchev–Trinajstić information content (AvgIpc) is 3.00. The molecule has 0 radical (unpaired) electrons. The maximum absolute atomic E-state index is 12.5. The second kappa shape index (κ2) is 9.15. The lowest BCUT2D eigenvalue weighted by Gasteiger charge is -2.26. The molecule has 3 N–H and O–H groups in total. The van der Waals surface area contributed by atoms with Crippen molar-refractivity contribution in [2.75, 3.05) is 13.1 Å². The molecule has 1 saturated heterocycles. The number of hydrogen-bond donors (Lipinski definition) is 3. The highest BCUT2D eigenvalue weighted by atomic mass is 16.3. The molecule has 1 aliphatic heterocycles. The fraction of sp³-hybridized carbons (Fsp3) is 0.421. The zero-order valence-corrected chi connectivity index (χ0v) is 15.0. The molecular formula is C19H25N3O4. The molecule has 1 aliphatic rings. The second-order valence-corrected chi connectivity index (χ2v) is 6.38. The number of carbonyl (C=O) groups excluding carboxylic acids is 3. The van der Waals surface area contributed by atoms with Gasteiger partial charge >= 0.3 is 0 Å². The first kappa shape index (κ1) is 19.7. The highest BCUT2D eigenvalue weighted by molar-refractivity contribution is 5.92. The largest absolute Gasteiger partial charge is 0.391 e. The summed E-state index contributed by atoms with van der Waals surface area (Å²) in [5, 5.41) is 15.1. The number of benzene rings is 1. The van der Waals surface area contributed by atoms with E-state index in [0.717, 1.165) is 5.56 Å². The summed E-state index contributed by atoms with van der Waals surface area (Å²) in [4.78, 5) is 37.3. The smallest absolute Gasteiger partial charge is 0.245 e. The van der Waals surface area contributed by atoms with Gasteiger partial charge in [-0.3, -0.25) is 14.4 Å². The molecule has 0 saturated carbocycles. The van der Waals surface area contributed by atoms with Crippen LogP contribution in [0.15, 0.2) is 36.4 Å². The SMILES string of the molecule is CC(=O)NC(C)C(=O)N1CC(O)CC1C(=O)NCC=Cc1ccccc1. The number of nitrogens with zero attached hydrogens (tertiary/aromatic N) is 1. The highest BCUT2D eigenvalue weighted by Gasteiger charge is 2.40. The van der Waals surface area contributed by atoms with Gasteiger partial charge in [0.1, 0.15) is 12.1 Å². The summed E-state index contributed by atoms with van der Waals surface area (Å²) in [7, 11) is 0. The molecule has 2 rings (SSSR count). The van der Waals surface area contributed by atoms with Crippen molar-refractivity contribution in [3.63, 3.8) is 0 Å². The first-order chi connectivity index (χ1) is 12.4. The lowest BCUT2D eigenvalue weighted by Crippen LogP contribution is -2.52. The summed E-state index contributed by atoms with van der Waals surface area (Å²) in [6.45, 7) is 3.29. The normalized spacial score (nSPS) is 20.8. The Hall–Kier alpha value is -2.67. The van der Waals surface area contributed by atoms with E-state index in [1.165, 1.54) is 11.8 Å². The van der Waals surface area contributed by atoms with Crippen LogP contribution in [0.2, 0.25) is 0 Å². The van der Waals surface area contributed by atoms with Crippen LogP contribution in [0.25, 0.3) is 6.08 Å². The first-order valence-electron chi connectivity index (χ1n) is 8.63. The molecule has 3 atom stereocenters. The van der Waals surface area contributed by atoms with Crippen LogP contribution in [0.4, 0.5) is 0 Å². The van der Waals surface area contributed by atoms with E-state index in [1.54, 1.807) is 6.92 Å². The van der Waals surface area contributed by atoms with E-state index in [0.29, 0.717) is 6.54 Å². The zero-order chi connectivity index (χ0) is 19.1. The van der Waals surface area contributed by atoms with E-state index in [4.69, 9.17) is 0 Å². The summed E-state index contributed by atoms with van der Waals surface area (Å²) in [6.07, 6.45) is 3.15. The van der Waals surface area contributed by atoms with Crippen LogP contribution in [-0.2, 0) is 14.4 Å². The third-order valence-electron chi connectivity index (χ3n) is 4.16. The van der Waals surface area contributed by atoms with Crippen molar-refractivity contribution in [1.29, 1.82) is 0 Å². The molecule has 26 heavy (non-hydrogen) atoms. The highest BCUT2D eigenvalue weighted by Crippen LogP contribution is 2.19. The number of β-amino-alcohol motifs (C(OH)–C–C–N with tert-alkyl or cyclic N) is 1. The summed E-state index contributed by atoms with van der Waals surface area (Å²) < 4.78 is 0. The van der Waals surface area contributed by atoms with E-state index in [1.807, 2.05) is 42.5 Å². The number of amides is 3. The monoisotopic (exact) mass is 359 g/mol. The predicted octanol–water partition coefficient (Wildman–Crippen LogP) is 0.302. The van der Waals surface area contributed by atoms with Crippen molar-refractivity contribution < 1.29 is 19.5 Å². The van der Waals surface area contributed by atoms with Crippen molar-refractivity contribution in [3.8, 4) is 0 Å². The van der Waals surface area contributed by atoms with Crippen LogP contribution in [-0.4, -0.2) is 59.0 Å². The maximum Gasteiger partial charge on any atom is 0.245 e. The fourth-order valence-electron chi connectivity index (χ4n) is 2.96. The summed E-state index contributed by atoms with van der Waals surface area (Å²) >= 11 is 0. The third kappa shape index (κ3) is 5.42. The Bertz CT molecular complexity index is 675. The number of likely N-dealkylation sites (tertiary alicyclic amines) is 1. The number of nitrogens with one attached hydrogen (secondary N) is 2. The molecule has 7 heteroatoms. The first-order valence-corrected chi connectivity index (χ1v) is 8.63. The molecule has 3 amide bonds. The van der Waals surface area contributed by atoms with Crippen molar-refractivity contribution in [3.05, 3.63) is 42.0 Å². The van der Waals surface area contributed by atoms with Crippen LogP contribution in [0, 0.1) is 0 Å². The average molecular weight is 359 g/mol. The molecule has 0 bridgehead atoms. The van der Waals surface area contributed by atoms with Gasteiger partial charge < -0.3 is 20.6 Å². The van der Waals surface area contributed by atoms with Crippen molar-refractivity contribution in [2.45, 2.75) is 38.5 Å². The Morgan fingerprint density at radius 2 is 2.00 bits per heavy atom. The lowest BCUT2D eigenvalue weighted by molar-refractivity contribution is -0.140. The summed E-state index contributed by atoms with van der Waals surface area (Å²) in [5.41, 5.74) is 1.03. The molecule has 1 fully saturated rings. The van der Waals surface area contributed by atoms with Gasteiger partial charge in [-0.1, -0.05) is 42.5 Å². The van der Waals surface area contributed by atoms with Gasteiger partial charge in [0.2, 0.25) is 17.7 Å². The van der Waals surface area contributed by atoms with Gasteiger partial charge in [0.15, 0.2) is 0 Å². The van der Waals surface area contributed by atoms with Gasteiger partial charge in [-0.25, -0.2) is 0 Å². The topological polar surface area (TPSA) is 98.7 Å². The number of hydrogen-bond acceptors (Lipinski definition) is 4. The van der Waals surface area contributed by atoms with Crippen LogP contribution in [0.3, 0.4) is 0 Å². The van der Waals surface area contributed by atoms with E-state index >= 15 is 0 Å². The Labute approximate surface area is 153 Å². The minimum Gasteiger partial charge on any atom is -0.391 e. The maximum atomic E-state index is 12.5. The molecule has 0 aliphatic carbocycles. The molecule has 0 aromatic heterocycles. The van der Waals surface area contributed by atoms with Gasteiger partial charge in [0, 0.05) is 26.4 Å². The van der Waals surface area contributed by atoms with Crippen LogP contribution < -0.4 is 10.6 Å². The minimum atomic E-state index is -0.751. The predicted molar refractivity (Wildman–Crippen MR) is 97.9 cm³/mol. The van der Waals surface area contributed by atoms with Crippen LogP contribution in [0.5, 0.6) is 0 Å². The zero-order valence-electron chi connectivity index (χ0n) is 15.0. The van der Waals surface area contributed by atoms with E-state index < -0.39 is 18.2 Å². The summed E-state index contributed by atoms with van der Waals surface area (Å²) in [5.74, 6) is -1.02. The second-order valence-electron chi connectivity index (χ2n) is 6.38. The van der Waals surface area contributed by atoms with Gasteiger partial charge in [-0.2, -0.15) is 0 Å². The number of carbonyl (C=O) groups is 3. The quantitative estimate of drug-likeness (QED) is 0.680. The van der Waals surface area contributed by atoms with E-state index in [2.05, 4.69) is 10.6 Å². The Kier molecular flexibility index (Phi) is 6.91. The third-order valence-corrected chi connectivity index (χ3v) is 4.16. The number of aliphatic hydroxyl groups excluding tert-OH is 1. The van der Waals surface area contributed by atoms with Gasteiger partial charge in [0.05, 0.1) is 6.10 Å². The molecule has 0 spiro atoms. The van der Waals surface area contributed by atoms with Gasteiger partial charge in [0.25, 0.3) is 0 Å². The van der Waals surface area contributed by atoms with E-state index in [-0.39, 0.29) is 30.7 Å². The molecule has 1 aromatic carbocycles. The van der Waals surface area contributed by atoms with Crippen LogP contribution >= 0.6 is 0 Å². The molecule has 1 heterocycles. The minimum absolute atomic E-state index is 0.0840. The van der Waals surface area contributed by atoms with Crippen molar-refractivity contribution >= 4 is 23.8 Å². The standard InChI is InChI=1S/C19H25N3O4/c1-13(21-14(2)23)19(26)22-12-16(24)11-17(22)18(25)20-10-6-9-15-7-4-3-5-8-15/h3-9,13,16-17,24H,10-12H2,1-2H3,(H,20,25)(H,21,23). The molecular weight excluding hydrogens is 334 g/mol. The van der Waals surface area contributed by atoms with Crippen molar-refractivity contribution in [2.24, 2.45) is 0 Å². The lowest BCUT2D eigenvalue weighted by atomic mass is 10.1. The summed E-state index contributed by atoms with van der Waals surface area (Å²) in [6, 6.07) is 8.21. The Balaban J connectivity index is 1.92. The van der Waals surface area contributed by atoms with Crippen molar-refractivity contribution in [1.82, 2.24) is 15.5 Å².